The monoisotopic (exact) mass is 587 g/mol. The summed E-state index contributed by atoms with van der Waals surface area (Å²) in [4.78, 5) is 40.3. The van der Waals surface area contributed by atoms with Gasteiger partial charge in [-0.3, -0.25) is 4.79 Å². The third kappa shape index (κ3) is 7.17. The summed E-state index contributed by atoms with van der Waals surface area (Å²) in [6.45, 7) is 15.2. The maximum absolute atomic E-state index is 14.0. The minimum Gasteiger partial charge on any atom is -0.460 e. The average Bonchev–Trinajstić information content (AvgIpc) is 3.42. The Kier molecular flexibility index (Phi) is 8.65. The van der Waals surface area contributed by atoms with Crippen molar-refractivity contribution in [1.29, 1.82) is 0 Å². The summed E-state index contributed by atoms with van der Waals surface area (Å²) in [7, 11) is 0. The number of aliphatic hydroxyl groups excluding tert-OH is 1. The fraction of sp³-hybridized carbons (Fsp3) is 0.679. The van der Waals surface area contributed by atoms with E-state index in [9.17, 15) is 19.5 Å². The molecule has 1 aromatic carbocycles. The zero-order chi connectivity index (χ0) is 29.7. The van der Waals surface area contributed by atoms with E-state index < -0.39 is 70.3 Å². The number of alkyl carbamates (subject to hydrolysis) is 1. The predicted molar refractivity (Wildman–Crippen MR) is 145 cm³/mol. The molecule has 1 aromatic rings. The first-order chi connectivity index (χ1) is 17.7. The summed E-state index contributed by atoms with van der Waals surface area (Å²) >= 11 is 12.2. The lowest BCUT2D eigenvalue weighted by Gasteiger charge is -2.40. The smallest absolute Gasteiger partial charge is 0.408 e. The summed E-state index contributed by atoms with van der Waals surface area (Å²) in [5, 5.41) is 14.8. The molecule has 2 aliphatic carbocycles. The van der Waals surface area contributed by atoms with E-state index in [1.807, 2.05) is 0 Å². The van der Waals surface area contributed by atoms with Gasteiger partial charge in [0.25, 0.3) is 0 Å². The van der Waals surface area contributed by atoms with Gasteiger partial charge in [-0.25, -0.2) is 9.59 Å². The van der Waals surface area contributed by atoms with Gasteiger partial charge in [0.2, 0.25) is 0 Å². The molecule has 0 bridgehead atoms. The highest BCUT2D eigenvalue weighted by molar-refractivity contribution is 6.42. The largest absolute Gasteiger partial charge is 0.460 e. The Morgan fingerprint density at radius 3 is 1.97 bits per heavy atom. The molecule has 0 saturated heterocycles. The van der Waals surface area contributed by atoms with Crippen LogP contribution in [0.5, 0.6) is 0 Å². The highest BCUT2D eigenvalue weighted by Gasteiger charge is 2.81. The molecule has 39 heavy (non-hydrogen) atoms. The van der Waals surface area contributed by atoms with E-state index in [0.717, 1.165) is 0 Å². The van der Waals surface area contributed by atoms with Crippen LogP contribution in [-0.2, 0) is 35.1 Å². The second-order valence-corrected chi connectivity index (χ2v) is 13.9. The van der Waals surface area contributed by atoms with Gasteiger partial charge in [-0.05, 0) is 80.0 Å². The lowest BCUT2D eigenvalue weighted by Crippen LogP contribution is -2.67. The van der Waals surface area contributed by atoms with Crippen molar-refractivity contribution < 1.29 is 38.4 Å². The van der Waals surface area contributed by atoms with Crippen LogP contribution in [0.3, 0.4) is 0 Å². The zero-order valence-corrected chi connectivity index (χ0v) is 25.4. The lowest BCUT2D eigenvalue weighted by atomic mass is 9.86. The number of carbonyl (C=O) groups excluding carboxylic acids is 3. The molecule has 0 spiro atoms. The van der Waals surface area contributed by atoms with Crippen LogP contribution in [0, 0.1) is 17.8 Å². The maximum Gasteiger partial charge on any atom is 0.408 e. The van der Waals surface area contributed by atoms with Crippen LogP contribution in [0.1, 0.15) is 67.9 Å². The van der Waals surface area contributed by atoms with Crippen LogP contribution < -0.4 is 5.32 Å². The Balaban J connectivity index is 2.05. The molecule has 0 unspecified atom stereocenters. The second kappa shape index (κ2) is 10.7. The van der Waals surface area contributed by atoms with Crippen LogP contribution in [0.15, 0.2) is 18.2 Å². The molecule has 1 amide bonds. The highest BCUT2D eigenvalue weighted by Crippen LogP contribution is 2.64. The number of carbonyl (C=O) groups is 3. The number of amides is 1. The van der Waals surface area contributed by atoms with E-state index in [2.05, 4.69) is 5.32 Å². The molecule has 2 saturated carbocycles. The number of halogens is 2. The number of benzene rings is 1. The van der Waals surface area contributed by atoms with Gasteiger partial charge < -0.3 is 29.4 Å². The Morgan fingerprint density at radius 1 is 0.897 bits per heavy atom. The standard InChI is InChI=1S/C28H39Cl2NO8/c1-25(2,3)37-22(33)18-17-19(18)28(23(34)38-26(4,5)6,31-24(35)39-27(7,8)9)21(20(17)32)36-13-14-10-11-15(29)16(30)12-14/h10-12,17-21,32H,13H2,1-9H3,(H,31,35)/t17-,18-,19-,20+,21+,28+/m0/s1. The molecular weight excluding hydrogens is 549 g/mol. The third-order valence-electron chi connectivity index (χ3n) is 6.29. The van der Waals surface area contributed by atoms with Crippen molar-refractivity contribution in [3.05, 3.63) is 33.8 Å². The second-order valence-electron chi connectivity index (χ2n) is 13.1. The van der Waals surface area contributed by atoms with Crippen molar-refractivity contribution in [2.24, 2.45) is 17.8 Å². The molecule has 3 rings (SSSR count). The van der Waals surface area contributed by atoms with Crippen LogP contribution >= 0.6 is 23.2 Å². The van der Waals surface area contributed by atoms with E-state index >= 15 is 0 Å². The number of hydrogen-bond acceptors (Lipinski definition) is 8. The fourth-order valence-electron chi connectivity index (χ4n) is 5.02. The number of aliphatic hydroxyl groups is 1. The van der Waals surface area contributed by atoms with Gasteiger partial charge in [0, 0.05) is 11.8 Å². The molecule has 0 radical (unpaired) electrons. The number of esters is 2. The maximum atomic E-state index is 14.0. The van der Waals surface area contributed by atoms with E-state index in [-0.39, 0.29) is 6.61 Å². The fourth-order valence-corrected chi connectivity index (χ4v) is 5.34. The molecule has 0 heterocycles. The normalized spacial score (nSPS) is 28.4. The van der Waals surface area contributed by atoms with Gasteiger partial charge in [-0.15, -0.1) is 0 Å². The van der Waals surface area contributed by atoms with Gasteiger partial charge in [0.1, 0.15) is 22.9 Å². The molecule has 9 nitrogen and oxygen atoms in total. The van der Waals surface area contributed by atoms with Gasteiger partial charge in [-0.2, -0.15) is 0 Å². The van der Waals surface area contributed by atoms with Crippen molar-refractivity contribution >= 4 is 41.2 Å². The van der Waals surface area contributed by atoms with E-state index in [1.165, 1.54) is 0 Å². The first-order valence-electron chi connectivity index (χ1n) is 12.9. The minimum absolute atomic E-state index is 0.0737. The third-order valence-corrected chi connectivity index (χ3v) is 7.03. The van der Waals surface area contributed by atoms with Crippen molar-refractivity contribution in [3.8, 4) is 0 Å². The van der Waals surface area contributed by atoms with E-state index in [0.29, 0.717) is 15.6 Å². The summed E-state index contributed by atoms with van der Waals surface area (Å²) in [6.07, 6.45) is -3.50. The molecule has 2 fully saturated rings. The number of ether oxygens (including phenoxy) is 4. The molecule has 0 aromatic heterocycles. The summed E-state index contributed by atoms with van der Waals surface area (Å²) in [6, 6.07) is 4.89. The van der Waals surface area contributed by atoms with Gasteiger partial charge >= 0.3 is 18.0 Å². The summed E-state index contributed by atoms with van der Waals surface area (Å²) < 4.78 is 23.0. The molecule has 0 aliphatic heterocycles. The zero-order valence-electron chi connectivity index (χ0n) is 23.9. The van der Waals surface area contributed by atoms with Crippen LogP contribution in [0.2, 0.25) is 10.0 Å². The Labute approximate surface area is 239 Å². The predicted octanol–water partition coefficient (Wildman–Crippen LogP) is 5.06. The van der Waals surface area contributed by atoms with Gasteiger partial charge in [-0.1, -0.05) is 29.3 Å². The molecule has 2 aliphatic rings. The van der Waals surface area contributed by atoms with Crippen molar-refractivity contribution in [2.45, 2.75) is 103 Å². The van der Waals surface area contributed by atoms with Crippen LogP contribution in [0.25, 0.3) is 0 Å². The molecular formula is C28H39Cl2NO8. The Morgan fingerprint density at radius 2 is 1.46 bits per heavy atom. The van der Waals surface area contributed by atoms with Gasteiger partial charge in [0.15, 0.2) is 5.54 Å². The number of rotatable bonds is 6. The highest BCUT2D eigenvalue weighted by atomic mass is 35.5. The molecule has 11 heteroatoms. The molecule has 218 valence electrons. The first kappa shape index (κ1) is 31.5. The number of nitrogens with one attached hydrogen (secondary N) is 1. The summed E-state index contributed by atoms with van der Waals surface area (Å²) in [5.74, 6) is -3.88. The van der Waals surface area contributed by atoms with Crippen molar-refractivity contribution in [2.75, 3.05) is 0 Å². The van der Waals surface area contributed by atoms with Crippen LogP contribution in [0.4, 0.5) is 4.79 Å². The van der Waals surface area contributed by atoms with Crippen molar-refractivity contribution in [1.82, 2.24) is 5.32 Å². The first-order valence-corrected chi connectivity index (χ1v) is 13.6. The number of fused-ring (bicyclic) bond motifs is 1. The van der Waals surface area contributed by atoms with Crippen molar-refractivity contribution in [3.63, 3.8) is 0 Å². The Hall–Kier alpha value is -2.07. The van der Waals surface area contributed by atoms with E-state index in [1.54, 1.807) is 80.5 Å². The number of hydrogen-bond donors (Lipinski definition) is 2. The SMILES string of the molecule is CC(C)(C)OC(=O)N[C@]1(C(=O)OC(C)(C)C)[C@@H]2[C@@H](C(=O)OC(C)(C)C)[C@@H]2[C@@H](O)[C@H]1OCc1ccc(Cl)c(Cl)c1. The lowest BCUT2D eigenvalue weighted by molar-refractivity contribution is -0.178. The minimum atomic E-state index is -1.95. The van der Waals surface area contributed by atoms with E-state index in [4.69, 9.17) is 42.1 Å². The quantitative estimate of drug-likeness (QED) is 0.350. The average molecular weight is 589 g/mol. The molecule has 2 N–H and O–H groups in total. The van der Waals surface area contributed by atoms with Crippen LogP contribution in [-0.4, -0.2) is 57.7 Å². The van der Waals surface area contributed by atoms with Gasteiger partial charge in [0.05, 0.1) is 28.7 Å². The summed E-state index contributed by atoms with van der Waals surface area (Å²) in [5.41, 5.74) is -3.96. The molecule has 6 atom stereocenters. The Bertz CT molecular complexity index is 1120. The topological polar surface area (TPSA) is 120 Å².